The molecule has 0 aliphatic heterocycles. The molecule has 0 bridgehead atoms. The van der Waals surface area contributed by atoms with Crippen molar-refractivity contribution in [2.75, 3.05) is 6.54 Å². The third kappa shape index (κ3) is 2.25. The Balaban J connectivity index is 2.28. The summed E-state index contributed by atoms with van der Waals surface area (Å²) in [5.74, 6) is 0. The highest BCUT2D eigenvalue weighted by Crippen LogP contribution is 2.21. The van der Waals surface area contributed by atoms with Gasteiger partial charge in [0.05, 0.1) is 18.6 Å². The highest BCUT2D eigenvalue weighted by Gasteiger charge is 2.13. The SMILES string of the molecule is CCNC(c1cccnc1)c1ccoc1. The lowest BCUT2D eigenvalue weighted by Crippen LogP contribution is -2.21. The van der Waals surface area contributed by atoms with E-state index in [0.29, 0.717) is 0 Å². The third-order valence-electron chi connectivity index (χ3n) is 2.30. The van der Waals surface area contributed by atoms with Gasteiger partial charge in [-0.1, -0.05) is 13.0 Å². The summed E-state index contributed by atoms with van der Waals surface area (Å²) in [6.45, 7) is 2.99. The van der Waals surface area contributed by atoms with Crippen molar-refractivity contribution in [2.45, 2.75) is 13.0 Å². The van der Waals surface area contributed by atoms with Crippen molar-refractivity contribution in [1.29, 1.82) is 0 Å². The van der Waals surface area contributed by atoms with Gasteiger partial charge >= 0.3 is 0 Å². The summed E-state index contributed by atoms with van der Waals surface area (Å²) >= 11 is 0. The Kier molecular flexibility index (Phi) is 3.15. The van der Waals surface area contributed by atoms with Crippen molar-refractivity contribution in [3.8, 4) is 0 Å². The number of furan rings is 1. The molecule has 0 aromatic carbocycles. The number of aromatic nitrogens is 1. The van der Waals surface area contributed by atoms with Gasteiger partial charge in [0.15, 0.2) is 0 Å². The highest BCUT2D eigenvalue weighted by molar-refractivity contribution is 5.26. The fraction of sp³-hybridized carbons (Fsp3) is 0.250. The standard InChI is InChI=1S/C12H14N2O/c1-2-14-12(11-5-7-15-9-11)10-4-3-6-13-8-10/h3-9,12,14H,2H2,1H3. The summed E-state index contributed by atoms with van der Waals surface area (Å²) in [6.07, 6.45) is 7.11. The van der Waals surface area contributed by atoms with Crippen LogP contribution in [0.15, 0.2) is 47.5 Å². The van der Waals surface area contributed by atoms with Crippen LogP contribution in [0.4, 0.5) is 0 Å². The Bertz CT molecular complexity index is 383. The zero-order valence-electron chi connectivity index (χ0n) is 8.68. The van der Waals surface area contributed by atoms with Crippen LogP contribution in [0.5, 0.6) is 0 Å². The lowest BCUT2D eigenvalue weighted by molar-refractivity contribution is 0.552. The maximum absolute atomic E-state index is 5.10. The Morgan fingerprint density at radius 1 is 1.40 bits per heavy atom. The molecule has 0 radical (unpaired) electrons. The topological polar surface area (TPSA) is 38.1 Å². The van der Waals surface area contributed by atoms with Gasteiger partial charge in [0, 0.05) is 18.0 Å². The van der Waals surface area contributed by atoms with Crippen molar-refractivity contribution in [3.63, 3.8) is 0 Å². The van der Waals surface area contributed by atoms with Crippen molar-refractivity contribution in [1.82, 2.24) is 10.3 Å². The number of pyridine rings is 1. The van der Waals surface area contributed by atoms with Crippen LogP contribution >= 0.6 is 0 Å². The molecule has 1 atom stereocenters. The van der Waals surface area contributed by atoms with E-state index in [1.54, 1.807) is 18.7 Å². The minimum atomic E-state index is 0.169. The first kappa shape index (κ1) is 9.93. The number of hydrogen-bond acceptors (Lipinski definition) is 3. The molecular formula is C12H14N2O. The molecule has 1 N–H and O–H groups in total. The molecule has 0 spiro atoms. The van der Waals surface area contributed by atoms with Crippen LogP contribution in [0, 0.1) is 0 Å². The predicted octanol–water partition coefficient (Wildman–Crippen LogP) is 2.37. The fourth-order valence-corrected chi connectivity index (χ4v) is 1.62. The van der Waals surface area contributed by atoms with Crippen LogP contribution in [-0.2, 0) is 0 Å². The molecule has 1 unspecified atom stereocenters. The van der Waals surface area contributed by atoms with Gasteiger partial charge in [-0.2, -0.15) is 0 Å². The molecule has 0 saturated heterocycles. The summed E-state index contributed by atoms with van der Waals surface area (Å²) < 4.78 is 5.10. The molecule has 2 rings (SSSR count). The van der Waals surface area contributed by atoms with Gasteiger partial charge in [-0.25, -0.2) is 0 Å². The molecule has 3 heteroatoms. The second kappa shape index (κ2) is 4.75. The zero-order valence-corrected chi connectivity index (χ0v) is 8.68. The molecule has 0 aliphatic carbocycles. The van der Waals surface area contributed by atoms with E-state index in [-0.39, 0.29) is 6.04 Å². The van der Waals surface area contributed by atoms with E-state index in [1.807, 2.05) is 18.3 Å². The first-order valence-electron chi connectivity index (χ1n) is 5.07. The van der Waals surface area contributed by atoms with Crippen molar-refractivity contribution >= 4 is 0 Å². The third-order valence-corrected chi connectivity index (χ3v) is 2.30. The van der Waals surface area contributed by atoms with Gasteiger partial charge in [0.25, 0.3) is 0 Å². The smallest absolute Gasteiger partial charge is 0.0953 e. The summed E-state index contributed by atoms with van der Waals surface area (Å²) in [7, 11) is 0. The average Bonchev–Trinajstić information content (AvgIpc) is 2.80. The minimum Gasteiger partial charge on any atom is -0.472 e. The number of hydrogen-bond donors (Lipinski definition) is 1. The van der Waals surface area contributed by atoms with Crippen LogP contribution in [0.1, 0.15) is 24.1 Å². The van der Waals surface area contributed by atoms with Crippen LogP contribution in [0.25, 0.3) is 0 Å². The zero-order chi connectivity index (χ0) is 10.5. The quantitative estimate of drug-likeness (QED) is 0.827. The summed E-state index contributed by atoms with van der Waals surface area (Å²) in [6, 6.07) is 6.15. The molecule has 3 nitrogen and oxygen atoms in total. The molecular weight excluding hydrogens is 188 g/mol. The van der Waals surface area contributed by atoms with Crippen LogP contribution in [0.3, 0.4) is 0 Å². The Hall–Kier alpha value is -1.61. The van der Waals surface area contributed by atoms with E-state index in [1.165, 1.54) is 0 Å². The average molecular weight is 202 g/mol. The Morgan fingerprint density at radius 2 is 2.33 bits per heavy atom. The second-order valence-corrected chi connectivity index (χ2v) is 3.33. The highest BCUT2D eigenvalue weighted by atomic mass is 16.3. The van der Waals surface area contributed by atoms with Gasteiger partial charge in [-0.3, -0.25) is 4.98 Å². The Morgan fingerprint density at radius 3 is 2.93 bits per heavy atom. The summed E-state index contributed by atoms with van der Waals surface area (Å²) in [5, 5.41) is 3.40. The number of nitrogens with one attached hydrogen (secondary N) is 1. The van der Waals surface area contributed by atoms with Gasteiger partial charge in [0.2, 0.25) is 0 Å². The molecule has 2 aromatic heterocycles. The largest absolute Gasteiger partial charge is 0.472 e. The molecule has 78 valence electrons. The van der Waals surface area contributed by atoms with Crippen molar-refractivity contribution < 1.29 is 4.42 Å². The van der Waals surface area contributed by atoms with E-state index >= 15 is 0 Å². The van der Waals surface area contributed by atoms with Crippen LogP contribution in [-0.4, -0.2) is 11.5 Å². The lowest BCUT2D eigenvalue weighted by atomic mass is 10.0. The molecule has 0 saturated carbocycles. The van der Waals surface area contributed by atoms with E-state index in [2.05, 4.69) is 23.3 Å². The van der Waals surface area contributed by atoms with E-state index < -0.39 is 0 Å². The van der Waals surface area contributed by atoms with Crippen LogP contribution < -0.4 is 5.32 Å². The van der Waals surface area contributed by atoms with Gasteiger partial charge < -0.3 is 9.73 Å². The van der Waals surface area contributed by atoms with E-state index in [9.17, 15) is 0 Å². The van der Waals surface area contributed by atoms with Crippen molar-refractivity contribution in [2.24, 2.45) is 0 Å². The first-order chi connectivity index (χ1) is 7.42. The predicted molar refractivity (Wildman–Crippen MR) is 58.5 cm³/mol. The minimum absolute atomic E-state index is 0.169. The summed E-state index contributed by atoms with van der Waals surface area (Å²) in [4.78, 5) is 4.13. The molecule has 15 heavy (non-hydrogen) atoms. The number of nitrogens with zero attached hydrogens (tertiary/aromatic N) is 1. The van der Waals surface area contributed by atoms with E-state index in [4.69, 9.17) is 4.42 Å². The molecule has 2 heterocycles. The first-order valence-corrected chi connectivity index (χ1v) is 5.07. The number of rotatable bonds is 4. The van der Waals surface area contributed by atoms with Crippen molar-refractivity contribution in [3.05, 3.63) is 54.2 Å². The van der Waals surface area contributed by atoms with E-state index in [0.717, 1.165) is 17.7 Å². The van der Waals surface area contributed by atoms with Gasteiger partial charge in [0.1, 0.15) is 0 Å². The summed E-state index contributed by atoms with van der Waals surface area (Å²) in [5.41, 5.74) is 2.28. The monoisotopic (exact) mass is 202 g/mol. The maximum Gasteiger partial charge on any atom is 0.0953 e. The second-order valence-electron chi connectivity index (χ2n) is 3.33. The van der Waals surface area contributed by atoms with Gasteiger partial charge in [-0.05, 0) is 24.2 Å². The Labute approximate surface area is 89.1 Å². The van der Waals surface area contributed by atoms with Gasteiger partial charge in [-0.15, -0.1) is 0 Å². The molecule has 0 amide bonds. The van der Waals surface area contributed by atoms with Crippen LogP contribution in [0.2, 0.25) is 0 Å². The normalized spacial score (nSPS) is 12.6. The lowest BCUT2D eigenvalue weighted by Gasteiger charge is -2.15. The maximum atomic E-state index is 5.10. The molecule has 0 fully saturated rings. The molecule has 2 aromatic rings. The molecule has 0 aliphatic rings. The fourth-order valence-electron chi connectivity index (χ4n) is 1.62.